The van der Waals surface area contributed by atoms with Crippen LogP contribution in [0.4, 0.5) is 0 Å². The Bertz CT molecular complexity index is 136. The van der Waals surface area contributed by atoms with Gasteiger partial charge >= 0.3 is 0 Å². The Morgan fingerprint density at radius 3 is 1.47 bits per heavy atom. The molecule has 1 aliphatic rings. The highest BCUT2D eigenvalue weighted by Gasteiger charge is 2.36. The standard InChI is InChI=1S/C10H20O3.C2H6/c1-7-5-8(11-2)10(13-4)9(6-7)12-3;1-2/h7-10H,5-6H2,1-4H3;1-2H3. The Morgan fingerprint density at radius 2 is 1.20 bits per heavy atom. The van der Waals surface area contributed by atoms with E-state index < -0.39 is 0 Å². The minimum atomic E-state index is 0.0891. The molecule has 0 spiro atoms. The van der Waals surface area contributed by atoms with Crippen molar-refractivity contribution in [1.29, 1.82) is 0 Å². The smallest absolute Gasteiger partial charge is 0.109 e. The zero-order chi connectivity index (χ0) is 11.8. The molecule has 92 valence electrons. The van der Waals surface area contributed by atoms with Gasteiger partial charge in [0.1, 0.15) is 6.10 Å². The summed E-state index contributed by atoms with van der Waals surface area (Å²) in [4.78, 5) is 0. The summed E-state index contributed by atoms with van der Waals surface area (Å²) in [6.45, 7) is 6.23. The van der Waals surface area contributed by atoms with Gasteiger partial charge in [-0.25, -0.2) is 0 Å². The van der Waals surface area contributed by atoms with Gasteiger partial charge in [-0.3, -0.25) is 0 Å². The molecule has 1 saturated carbocycles. The first-order valence-corrected chi connectivity index (χ1v) is 5.81. The molecule has 1 rings (SSSR count). The topological polar surface area (TPSA) is 27.7 Å². The number of hydrogen-bond acceptors (Lipinski definition) is 3. The van der Waals surface area contributed by atoms with E-state index in [1.165, 1.54) is 0 Å². The Hall–Kier alpha value is -0.120. The van der Waals surface area contributed by atoms with Crippen LogP contribution in [0.25, 0.3) is 0 Å². The molecule has 3 heteroatoms. The molecular weight excluding hydrogens is 192 g/mol. The lowest BCUT2D eigenvalue weighted by Gasteiger charge is -2.38. The summed E-state index contributed by atoms with van der Waals surface area (Å²) < 4.78 is 16.2. The fraction of sp³-hybridized carbons (Fsp3) is 1.00. The average molecular weight is 218 g/mol. The highest BCUT2D eigenvalue weighted by atomic mass is 16.6. The first kappa shape index (κ1) is 14.9. The molecule has 15 heavy (non-hydrogen) atoms. The highest BCUT2D eigenvalue weighted by molar-refractivity contribution is 4.87. The van der Waals surface area contributed by atoms with Crippen molar-refractivity contribution in [2.24, 2.45) is 5.92 Å². The van der Waals surface area contributed by atoms with Crippen molar-refractivity contribution in [2.75, 3.05) is 21.3 Å². The van der Waals surface area contributed by atoms with E-state index >= 15 is 0 Å². The lowest BCUT2D eigenvalue weighted by Crippen LogP contribution is -2.46. The molecule has 3 nitrogen and oxygen atoms in total. The minimum Gasteiger partial charge on any atom is -0.379 e. The highest BCUT2D eigenvalue weighted by Crippen LogP contribution is 2.29. The van der Waals surface area contributed by atoms with Crippen molar-refractivity contribution < 1.29 is 14.2 Å². The predicted octanol–water partition coefficient (Wildman–Crippen LogP) is 2.49. The van der Waals surface area contributed by atoms with Crippen LogP contribution in [0.5, 0.6) is 0 Å². The third-order valence-electron chi connectivity index (χ3n) is 2.88. The Labute approximate surface area is 94.1 Å². The van der Waals surface area contributed by atoms with E-state index in [1.54, 1.807) is 21.3 Å². The molecule has 0 radical (unpaired) electrons. The molecule has 0 aromatic heterocycles. The van der Waals surface area contributed by atoms with Gasteiger partial charge in [-0.1, -0.05) is 20.8 Å². The molecule has 2 atom stereocenters. The molecule has 1 fully saturated rings. The van der Waals surface area contributed by atoms with Crippen LogP contribution in [0, 0.1) is 5.92 Å². The Balaban J connectivity index is 0.000000921. The zero-order valence-electron chi connectivity index (χ0n) is 10.9. The van der Waals surface area contributed by atoms with Crippen LogP contribution in [0.1, 0.15) is 33.6 Å². The lowest BCUT2D eigenvalue weighted by atomic mass is 9.84. The SMILES string of the molecule is CC.COC1CC(C)CC(OC)C1OC. The first-order valence-electron chi connectivity index (χ1n) is 5.81. The zero-order valence-corrected chi connectivity index (χ0v) is 10.9. The maximum absolute atomic E-state index is 5.40. The number of methoxy groups -OCH3 is 3. The van der Waals surface area contributed by atoms with E-state index in [0.717, 1.165) is 12.8 Å². The van der Waals surface area contributed by atoms with E-state index in [2.05, 4.69) is 6.92 Å². The van der Waals surface area contributed by atoms with Crippen LogP contribution >= 0.6 is 0 Å². The number of rotatable bonds is 3. The number of ether oxygens (including phenoxy) is 3. The van der Waals surface area contributed by atoms with E-state index in [4.69, 9.17) is 14.2 Å². The maximum Gasteiger partial charge on any atom is 0.109 e. The second-order valence-electron chi connectivity index (χ2n) is 3.83. The van der Waals surface area contributed by atoms with Gasteiger partial charge in [0.15, 0.2) is 0 Å². The number of hydrogen-bond donors (Lipinski definition) is 0. The average Bonchev–Trinajstić information content (AvgIpc) is 2.30. The van der Waals surface area contributed by atoms with Crippen molar-refractivity contribution in [2.45, 2.75) is 51.9 Å². The molecule has 0 bridgehead atoms. The fourth-order valence-electron chi connectivity index (χ4n) is 2.16. The van der Waals surface area contributed by atoms with Gasteiger partial charge in [-0.05, 0) is 18.8 Å². The molecule has 0 heterocycles. The Morgan fingerprint density at radius 1 is 0.800 bits per heavy atom. The summed E-state index contributed by atoms with van der Waals surface area (Å²) >= 11 is 0. The summed E-state index contributed by atoms with van der Waals surface area (Å²) in [5.41, 5.74) is 0. The van der Waals surface area contributed by atoms with Gasteiger partial charge in [0.25, 0.3) is 0 Å². The van der Waals surface area contributed by atoms with E-state index in [9.17, 15) is 0 Å². The largest absolute Gasteiger partial charge is 0.379 e. The van der Waals surface area contributed by atoms with Crippen LogP contribution in [-0.2, 0) is 14.2 Å². The van der Waals surface area contributed by atoms with Gasteiger partial charge in [-0.2, -0.15) is 0 Å². The molecule has 0 amide bonds. The molecular formula is C12H26O3. The second kappa shape index (κ2) is 8.08. The molecule has 0 aromatic rings. The molecule has 0 saturated heterocycles. The summed E-state index contributed by atoms with van der Waals surface area (Å²) in [7, 11) is 5.20. The third-order valence-corrected chi connectivity index (χ3v) is 2.88. The molecule has 2 unspecified atom stereocenters. The van der Waals surface area contributed by atoms with Crippen molar-refractivity contribution in [1.82, 2.24) is 0 Å². The van der Waals surface area contributed by atoms with Crippen LogP contribution in [0.15, 0.2) is 0 Å². The quantitative estimate of drug-likeness (QED) is 0.728. The van der Waals surface area contributed by atoms with Crippen LogP contribution < -0.4 is 0 Å². The summed E-state index contributed by atoms with van der Waals surface area (Å²) in [6.07, 6.45) is 2.58. The van der Waals surface area contributed by atoms with Crippen LogP contribution in [0.3, 0.4) is 0 Å². The van der Waals surface area contributed by atoms with Crippen molar-refractivity contribution >= 4 is 0 Å². The van der Waals surface area contributed by atoms with Crippen LogP contribution in [0.2, 0.25) is 0 Å². The summed E-state index contributed by atoms with van der Waals surface area (Å²) in [6, 6.07) is 0. The predicted molar refractivity (Wildman–Crippen MR) is 62.1 cm³/mol. The molecule has 0 N–H and O–H groups in total. The second-order valence-corrected chi connectivity index (χ2v) is 3.83. The van der Waals surface area contributed by atoms with Gasteiger partial charge in [0, 0.05) is 21.3 Å². The lowest BCUT2D eigenvalue weighted by molar-refractivity contribution is -0.138. The monoisotopic (exact) mass is 218 g/mol. The van der Waals surface area contributed by atoms with Crippen LogP contribution in [-0.4, -0.2) is 39.6 Å². The van der Waals surface area contributed by atoms with Crippen molar-refractivity contribution in [3.8, 4) is 0 Å². The normalized spacial score (nSPS) is 35.6. The van der Waals surface area contributed by atoms with Gasteiger partial charge in [-0.15, -0.1) is 0 Å². The summed E-state index contributed by atoms with van der Waals surface area (Å²) in [5.74, 6) is 0.654. The molecule has 1 aliphatic carbocycles. The fourth-order valence-corrected chi connectivity index (χ4v) is 2.16. The van der Waals surface area contributed by atoms with Gasteiger partial charge in [0.05, 0.1) is 12.2 Å². The Kier molecular flexibility index (Phi) is 8.02. The molecule has 0 aromatic carbocycles. The van der Waals surface area contributed by atoms with E-state index in [1.807, 2.05) is 13.8 Å². The maximum atomic E-state index is 5.40. The van der Waals surface area contributed by atoms with Crippen molar-refractivity contribution in [3.05, 3.63) is 0 Å². The van der Waals surface area contributed by atoms with Crippen molar-refractivity contribution in [3.63, 3.8) is 0 Å². The third kappa shape index (κ3) is 4.09. The first-order chi connectivity index (χ1) is 7.22. The minimum absolute atomic E-state index is 0.0891. The molecule has 0 aliphatic heterocycles. The summed E-state index contributed by atoms with van der Waals surface area (Å²) in [5, 5.41) is 0. The van der Waals surface area contributed by atoms with E-state index in [-0.39, 0.29) is 18.3 Å². The van der Waals surface area contributed by atoms with E-state index in [0.29, 0.717) is 5.92 Å². The van der Waals surface area contributed by atoms with Gasteiger partial charge < -0.3 is 14.2 Å². The van der Waals surface area contributed by atoms with Gasteiger partial charge in [0.2, 0.25) is 0 Å².